The largest absolute Gasteiger partial charge is 0.464 e. The van der Waals surface area contributed by atoms with Crippen LogP contribution in [0.25, 0.3) is 0 Å². The second-order valence-corrected chi connectivity index (χ2v) is 8.74. The van der Waals surface area contributed by atoms with Crippen LogP contribution in [0.1, 0.15) is 23.7 Å². The van der Waals surface area contributed by atoms with E-state index in [1.54, 1.807) is 6.07 Å². The van der Waals surface area contributed by atoms with Gasteiger partial charge in [0.15, 0.2) is 5.82 Å². The third-order valence-corrected chi connectivity index (χ3v) is 6.50. The number of esters is 1. The average molecular weight is 524 g/mol. The van der Waals surface area contributed by atoms with Crippen molar-refractivity contribution < 1.29 is 14.3 Å². The van der Waals surface area contributed by atoms with E-state index in [9.17, 15) is 9.59 Å². The molecule has 1 atom stereocenters. The Kier molecular flexibility index (Phi) is 7.16. The van der Waals surface area contributed by atoms with Gasteiger partial charge in [-0.3, -0.25) is 4.79 Å². The number of cyclic esters (lactones) is 1. The van der Waals surface area contributed by atoms with Crippen LogP contribution in [0.15, 0.2) is 41.9 Å². The van der Waals surface area contributed by atoms with Crippen molar-refractivity contribution in [2.75, 3.05) is 30.8 Å². The van der Waals surface area contributed by atoms with Gasteiger partial charge in [0.1, 0.15) is 11.1 Å². The Hall–Kier alpha value is -3.01. The molecule has 0 spiro atoms. The van der Waals surface area contributed by atoms with Crippen LogP contribution < -0.4 is 16.0 Å². The van der Waals surface area contributed by atoms with Crippen LogP contribution in [0.4, 0.5) is 17.5 Å². The van der Waals surface area contributed by atoms with Crippen molar-refractivity contribution in [3.05, 3.63) is 62.5 Å². The maximum Gasteiger partial charge on any atom is 0.328 e. The van der Waals surface area contributed by atoms with Crippen LogP contribution in [0.5, 0.6) is 0 Å². The number of nitrogens with zero attached hydrogens (tertiary/aromatic N) is 3. The highest BCUT2D eigenvalue weighted by Gasteiger charge is 2.29. The first-order valence-corrected chi connectivity index (χ1v) is 11.5. The molecule has 1 amide bonds. The quantitative estimate of drug-likeness (QED) is 0.496. The van der Waals surface area contributed by atoms with Crippen molar-refractivity contribution in [2.24, 2.45) is 0 Å². The highest BCUT2D eigenvalue weighted by molar-refractivity contribution is 6.44. The second kappa shape index (κ2) is 10.1. The molecule has 178 valence electrons. The number of benzene rings is 1. The number of carbonyl (C=O) groups excluding carboxylic acids is 2. The van der Waals surface area contributed by atoms with Crippen LogP contribution in [0.3, 0.4) is 0 Å². The average Bonchev–Trinajstić information content (AvgIpc) is 2.96. The molecule has 4 rings (SSSR count). The maximum atomic E-state index is 12.3. The highest BCUT2D eigenvalue weighted by Crippen LogP contribution is 2.36. The third kappa shape index (κ3) is 4.91. The lowest BCUT2D eigenvalue weighted by Gasteiger charge is -2.31. The number of ether oxygens (including phenoxy) is 1. The van der Waals surface area contributed by atoms with E-state index in [2.05, 4.69) is 25.9 Å². The summed E-state index contributed by atoms with van der Waals surface area (Å²) in [5.74, 6) is -0.0765. The number of rotatable bonds is 5. The molecule has 34 heavy (non-hydrogen) atoms. The van der Waals surface area contributed by atoms with E-state index < -0.39 is 0 Å². The summed E-state index contributed by atoms with van der Waals surface area (Å²) < 4.78 is 5.24. The minimum atomic E-state index is -0.355. The predicted molar refractivity (Wildman–Crippen MR) is 132 cm³/mol. The van der Waals surface area contributed by atoms with Gasteiger partial charge in [0.2, 0.25) is 5.95 Å². The SMILES string of the molecule is CNC(=O)c1ccc(Cl)c(Cl)c1Nc1nc(NC2=CCN3C(=C2)CCOC(=O)[C@@H]3C)ncc1Cl. The van der Waals surface area contributed by atoms with Crippen molar-refractivity contribution >= 4 is 64.1 Å². The zero-order valence-electron chi connectivity index (χ0n) is 18.3. The van der Waals surface area contributed by atoms with Crippen LogP contribution in [0, 0.1) is 0 Å². The number of fused-ring (bicyclic) bond motifs is 1. The van der Waals surface area contributed by atoms with Gasteiger partial charge in [-0.05, 0) is 31.2 Å². The van der Waals surface area contributed by atoms with Crippen LogP contribution in [0.2, 0.25) is 15.1 Å². The molecule has 1 aromatic carbocycles. The molecule has 3 N–H and O–H groups in total. The number of hydrogen-bond acceptors (Lipinski definition) is 8. The summed E-state index contributed by atoms with van der Waals surface area (Å²) in [5.41, 5.74) is 2.30. The molecule has 9 nitrogen and oxygen atoms in total. The lowest BCUT2D eigenvalue weighted by molar-refractivity contribution is -0.146. The Morgan fingerprint density at radius 2 is 2.00 bits per heavy atom. The van der Waals surface area contributed by atoms with Gasteiger partial charge in [-0.25, -0.2) is 9.78 Å². The minimum Gasteiger partial charge on any atom is -0.464 e. The number of amides is 1. The summed E-state index contributed by atoms with van der Waals surface area (Å²) in [6.45, 7) is 2.69. The first-order chi connectivity index (χ1) is 16.3. The lowest BCUT2D eigenvalue weighted by Crippen LogP contribution is -2.38. The molecule has 12 heteroatoms. The first-order valence-electron chi connectivity index (χ1n) is 10.4. The predicted octanol–water partition coefficient (Wildman–Crippen LogP) is 4.37. The van der Waals surface area contributed by atoms with Crippen LogP contribution in [-0.4, -0.2) is 53.0 Å². The zero-order valence-corrected chi connectivity index (χ0v) is 20.6. The Labute approximate surface area is 211 Å². The molecular weight excluding hydrogens is 503 g/mol. The van der Waals surface area contributed by atoms with Gasteiger partial charge >= 0.3 is 5.97 Å². The van der Waals surface area contributed by atoms with Gasteiger partial charge < -0.3 is 25.6 Å². The van der Waals surface area contributed by atoms with Crippen molar-refractivity contribution in [2.45, 2.75) is 19.4 Å². The van der Waals surface area contributed by atoms with Gasteiger partial charge in [0.05, 0.1) is 34.1 Å². The Morgan fingerprint density at radius 1 is 1.21 bits per heavy atom. The Balaban J connectivity index is 1.59. The number of allylic oxidation sites excluding steroid dienone is 1. The number of halogens is 3. The van der Waals surface area contributed by atoms with Gasteiger partial charge in [-0.15, -0.1) is 0 Å². The molecule has 0 unspecified atom stereocenters. The molecule has 3 heterocycles. The highest BCUT2D eigenvalue weighted by atomic mass is 35.5. The molecule has 2 aliphatic rings. The van der Waals surface area contributed by atoms with Gasteiger partial charge in [0.25, 0.3) is 5.91 Å². The number of carbonyl (C=O) groups is 2. The molecule has 0 bridgehead atoms. The molecule has 1 fully saturated rings. The van der Waals surface area contributed by atoms with Crippen molar-refractivity contribution in [3.63, 3.8) is 0 Å². The smallest absolute Gasteiger partial charge is 0.328 e. The summed E-state index contributed by atoms with van der Waals surface area (Å²) in [5, 5.41) is 9.38. The standard InChI is InChI=1S/C22H21Cl3N6O3/c1-11-21(33)34-8-6-13-9-12(5-7-31(11)13)28-22-27-10-16(24)19(30-22)29-18-14(20(32)26-2)3-4-15(23)17(18)25/h3-5,9-11H,6-8H2,1-2H3,(H,26,32)(H2,27,28,29,30)/t11-/m0/s1. The summed E-state index contributed by atoms with van der Waals surface area (Å²) in [6.07, 6.45) is 5.91. The van der Waals surface area contributed by atoms with E-state index in [0.29, 0.717) is 19.6 Å². The Bertz CT molecular complexity index is 1220. The molecule has 0 radical (unpaired) electrons. The van der Waals surface area contributed by atoms with Gasteiger partial charge in [-0.1, -0.05) is 34.8 Å². The fourth-order valence-corrected chi connectivity index (χ4v) is 4.12. The molecule has 2 aromatic rings. The number of anilines is 3. The summed E-state index contributed by atoms with van der Waals surface area (Å²) >= 11 is 18.8. The van der Waals surface area contributed by atoms with Gasteiger partial charge in [0, 0.05) is 31.4 Å². The number of hydrogen-bond donors (Lipinski definition) is 3. The monoisotopic (exact) mass is 522 g/mol. The summed E-state index contributed by atoms with van der Waals surface area (Å²) in [7, 11) is 1.51. The molecule has 1 aromatic heterocycles. The lowest BCUT2D eigenvalue weighted by atomic mass is 10.1. The fraction of sp³-hybridized carbons (Fsp3) is 0.273. The van der Waals surface area contributed by atoms with Crippen molar-refractivity contribution in [3.8, 4) is 0 Å². The fourth-order valence-electron chi connectivity index (χ4n) is 3.61. The molecular formula is C22H21Cl3N6O3. The molecule has 1 saturated heterocycles. The number of aromatic nitrogens is 2. The van der Waals surface area contributed by atoms with E-state index >= 15 is 0 Å². The summed E-state index contributed by atoms with van der Waals surface area (Å²) in [6, 6.07) is 2.73. The minimum absolute atomic E-state index is 0.158. The van der Waals surface area contributed by atoms with Crippen molar-refractivity contribution in [1.82, 2.24) is 20.2 Å². The second-order valence-electron chi connectivity index (χ2n) is 7.54. The topological polar surface area (TPSA) is 108 Å². The molecule has 2 aliphatic heterocycles. The van der Waals surface area contributed by atoms with Crippen molar-refractivity contribution in [1.29, 1.82) is 0 Å². The van der Waals surface area contributed by atoms with E-state index in [0.717, 1.165) is 11.4 Å². The van der Waals surface area contributed by atoms with E-state index in [4.69, 9.17) is 39.5 Å². The van der Waals surface area contributed by atoms with Crippen LogP contribution in [-0.2, 0) is 9.53 Å². The third-order valence-electron chi connectivity index (χ3n) is 5.42. The first kappa shape index (κ1) is 24.1. The molecule has 0 aliphatic carbocycles. The van der Waals surface area contributed by atoms with E-state index in [1.807, 2.05) is 24.0 Å². The van der Waals surface area contributed by atoms with E-state index in [-0.39, 0.29) is 56.0 Å². The van der Waals surface area contributed by atoms with E-state index in [1.165, 1.54) is 19.3 Å². The normalized spacial score (nSPS) is 17.6. The van der Waals surface area contributed by atoms with Gasteiger partial charge in [-0.2, -0.15) is 4.98 Å². The van der Waals surface area contributed by atoms with Crippen LogP contribution >= 0.6 is 34.8 Å². The number of nitrogens with one attached hydrogen (secondary N) is 3. The zero-order chi connectivity index (χ0) is 24.4. The maximum absolute atomic E-state index is 12.3. The summed E-state index contributed by atoms with van der Waals surface area (Å²) in [4.78, 5) is 35.0. The molecule has 0 saturated carbocycles. The Morgan fingerprint density at radius 3 is 2.76 bits per heavy atom.